The van der Waals surface area contributed by atoms with Crippen molar-refractivity contribution < 1.29 is 0 Å². The van der Waals surface area contributed by atoms with Crippen LogP contribution in [0.3, 0.4) is 0 Å². The van der Waals surface area contributed by atoms with Gasteiger partial charge in [0.1, 0.15) is 0 Å². The van der Waals surface area contributed by atoms with Crippen LogP contribution in [0.15, 0.2) is 47.1 Å². The molecule has 0 rings (SSSR count). The molecule has 0 aromatic rings. The van der Waals surface area contributed by atoms with Crippen LogP contribution in [-0.4, -0.2) is 0 Å². The number of unbranched alkanes of at least 4 members (excludes halogenated alkanes) is 2. The van der Waals surface area contributed by atoms with Gasteiger partial charge in [0.2, 0.25) is 0 Å². The van der Waals surface area contributed by atoms with Crippen molar-refractivity contribution >= 4 is 0 Å². The first-order valence-corrected chi connectivity index (χ1v) is 8.50. The van der Waals surface area contributed by atoms with E-state index in [2.05, 4.69) is 59.4 Å². The van der Waals surface area contributed by atoms with E-state index >= 15 is 0 Å². The van der Waals surface area contributed by atoms with Gasteiger partial charge in [-0.2, -0.15) is 0 Å². The number of allylic oxidation sites excluding steroid dienone is 7. The molecule has 0 N–H and O–H groups in total. The Hall–Kier alpha value is -1.04. The first kappa shape index (κ1) is 20.0. The van der Waals surface area contributed by atoms with Crippen LogP contribution in [0.2, 0.25) is 0 Å². The topological polar surface area (TPSA) is 0 Å². The zero-order chi connectivity index (χ0) is 16.1. The van der Waals surface area contributed by atoms with E-state index in [0.29, 0.717) is 0 Å². The third-order valence-corrected chi connectivity index (χ3v) is 3.61. The first-order valence-electron chi connectivity index (χ1n) is 8.50. The predicted molar refractivity (Wildman–Crippen MR) is 98.7 cm³/mol. The van der Waals surface area contributed by atoms with Crippen LogP contribution in [0.5, 0.6) is 0 Å². The van der Waals surface area contributed by atoms with Crippen LogP contribution in [0.4, 0.5) is 0 Å². The van der Waals surface area contributed by atoms with Crippen molar-refractivity contribution in [3.63, 3.8) is 0 Å². The molecule has 0 unspecified atom stereocenters. The fourth-order valence-corrected chi connectivity index (χ4v) is 2.26. The van der Waals surface area contributed by atoms with Crippen molar-refractivity contribution in [3.05, 3.63) is 47.1 Å². The molecule has 0 aliphatic carbocycles. The highest BCUT2D eigenvalue weighted by Gasteiger charge is 1.95. The lowest BCUT2D eigenvalue weighted by Gasteiger charge is -2.04. The van der Waals surface area contributed by atoms with Crippen LogP contribution >= 0.6 is 0 Å². The highest BCUT2D eigenvalue weighted by atomic mass is 14.0. The van der Waals surface area contributed by atoms with Crippen molar-refractivity contribution in [1.29, 1.82) is 0 Å². The number of hydrogen-bond acceptors (Lipinski definition) is 0. The van der Waals surface area contributed by atoms with Crippen LogP contribution in [-0.2, 0) is 0 Å². The summed E-state index contributed by atoms with van der Waals surface area (Å²) in [7, 11) is 0. The Balaban J connectivity index is 3.67. The summed E-state index contributed by atoms with van der Waals surface area (Å²) in [5.41, 5.74) is 5.80. The second-order valence-electron chi connectivity index (χ2n) is 6.69. The summed E-state index contributed by atoms with van der Waals surface area (Å²) in [5.74, 6) is 0. The molecule has 0 heteroatoms. The third kappa shape index (κ3) is 15.2. The van der Waals surface area contributed by atoms with Gasteiger partial charge in [-0.1, -0.05) is 47.1 Å². The van der Waals surface area contributed by atoms with Gasteiger partial charge in [0, 0.05) is 0 Å². The lowest BCUT2D eigenvalue weighted by atomic mass is 10.0. The standard InChI is InChI=1S/C21H36/c1-18(2)12-7-8-14-20(5)15-9-10-16-21(6)17-11-13-19(3)4/h12-13,15H,6-11,14,16-17H2,1-5H3. The first-order chi connectivity index (χ1) is 9.91. The summed E-state index contributed by atoms with van der Waals surface area (Å²) in [4.78, 5) is 0. The van der Waals surface area contributed by atoms with Crippen LogP contribution < -0.4 is 0 Å². The van der Waals surface area contributed by atoms with Gasteiger partial charge in [-0.25, -0.2) is 0 Å². The van der Waals surface area contributed by atoms with Crippen LogP contribution in [0, 0.1) is 0 Å². The minimum atomic E-state index is 1.15. The summed E-state index contributed by atoms with van der Waals surface area (Å²) >= 11 is 0. The maximum absolute atomic E-state index is 4.19. The Morgan fingerprint density at radius 1 is 0.667 bits per heavy atom. The lowest BCUT2D eigenvalue weighted by molar-refractivity contribution is 0.773. The molecule has 0 atom stereocenters. The molecular weight excluding hydrogens is 252 g/mol. The summed E-state index contributed by atoms with van der Waals surface area (Å²) < 4.78 is 0. The molecule has 0 aromatic carbocycles. The van der Waals surface area contributed by atoms with E-state index in [0.717, 1.165) is 12.8 Å². The second-order valence-corrected chi connectivity index (χ2v) is 6.69. The quantitative estimate of drug-likeness (QED) is 0.272. The Kier molecular flexibility index (Phi) is 12.1. The van der Waals surface area contributed by atoms with E-state index in [1.807, 2.05) is 0 Å². The second kappa shape index (κ2) is 12.7. The van der Waals surface area contributed by atoms with E-state index < -0.39 is 0 Å². The summed E-state index contributed by atoms with van der Waals surface area (Å²) in [6.45, 7) is 15.1. The van der Waals surface area contributed by atoms with Crippen molar-refractivity contribution in [1.82, 2.24) is 0 Å². The average Bonchev–Trinajstić information content (AvgIpc) is 2.39. The molecule has 0 fully saturated rings. The molecule has 0 aromatic heterocycles. The highest BCUT2D eigenvalue weighted by Crippen LogP contribution is 2.15. The largest absolute Gasteiger partial charge is 0.0999 e. The fourth-order valence-electron chi connectivity index (χ4n) is 2.26. The molecule has 0 bridgehead atoms. The predicted octanol–water partition coefficient (Wildman–Crippen LogP) is 7.54. The molecule has 0 nitrogen and oxygen atoms in total. The zero-order valence-corrected chi connectivity index (χ0v) is 15.1. The summed E-state index contributed by atoms with van der Waals surface area (Å²) in [6, 6.07) is 0. The highest BCUT2D eigenvalue weighted by molar-refractivity contribution is 5.02. The van der Waals surface area contributed by atoms with Gasteiger partial charge in [-0.05, 0) is 86.0 Å². The Morgan fingerprint density at radius 3 is 1.81 bits per heavy atom. The van der Waals surface area contributed by atoms with E-state index in [4.69, 9.17) is 0 Å². The molecule has 0 saturated carbocycles. The molecule has 120 valence electrons. The van der Waals surface area contributed by atoms with Crippen LogP contribution in [0.1, 0.15) is 86.0 Å². The van der Waals surface area contributed by atoms with E-state index in [1.54, 1.807) is 5.57 Å². The summed E-state index contributed by atoms with van der Waals surface area (Å²) in [6.07, 6.45) is 16.7. The van der Waals surface area contributed by atoms with Gasteiger partial charge < -0.3 is 0 Å². The van der Waals surface area contributed by atoms with Gasteiger partial charge in [-0.3, -0.25) is 0 Å². The van der Waals surface area contributed by atoms with Gasteiger partial charge in [-0.15, -0.1) is 0 Å². The molecule has 0 heterocycles. The Bertz CT molecular complexity index is 369. The molecule has 0 aliphatic rings. The van der Waals surface area contributed by atoms with Gasteiger partial charge in [0.25, 0.3) is 0 Å². The maximum atomic E-state index is 4.19. The van der Waals surface area contributed by atoms with Gasteiger partial charge in [0.05, 0.1) is 0 Å². The Morgan fingerprint density at radius 2 is 1.19 bits per heavy atom. The average molecular weight is 289 g/mol. The zero-order valence-electron chi connectivity index (χ0n) is 15.1. The third-order valence-electron chi connectivity index (χ3n) is 3.61. The van der Waals surface area contributed by atoms with Crippen molar-refractivity contribution in [2.75, 3.05) is 0 Å². The SMILES string of the molecule is C=C(CCC=C(C)C)CCCC=C(C)CCCC=C(C)C. The fraction of sp³-hybridized carbons (Fsp3) is 0.619. The van der Waals surface area contributed by atoms with E-state index in [-0.39, 0.29) is 0 Å². The Labute approximate surface area is 133 Å². The minimum Gasteiger partial charge on any atom is -0.0999 e. The van der Waals surface area contributed by atoms with E-state index in [9.17, 15) is 0 Å². The van der Waals surface area contributed by atoms with Crippen LogP contribution in [0.25, 0.3) is 0 Å². The van der Waals surface area contributed by atoms with Gasteiger partial charge >= 0.3 is 0 Å². The maximum Gasteiger partial charge on any atom is -0.0288 e. The number of hydrogen-bond donors (Lipinski definition) is 0. The minimum absolute atomic E-state index is 1.15. The number of rotatable bonds is 11. The summed E-state index contributed by atoms with van der Waals surface area (Å²) in [5, 5.41) is 0. The molecule has 0 spiro atoms. The van der Waals surface area contributed by atoms with Crippen molar-refractivity contribution in [3.8, 4) is 0 Å². The monoisotopic (exact) mass is 288 g/mol. The van der Waals surface area contributed by atoms with Crippen molar-refractivity contribution in [2.45, 2.75) is 86.0 Å². The molecule has 0 saturated heterocycles. The van der Waals surface area contributed by atoms with E-state index in [1.165, 1.54) is 55.2 Å². The molecule has 0 aliphatic heterocycles. The van der Waals surface area contributed by atoms with Gasteiger partial charge in [0.15, 0.2) is 0 Å². The molecule has 21 heavy (non-hydrogen) atoms. The molecule has 0 amide bonds. The molecular formula is C21H36. The van der Waals surface area contributed by atoms with Crippen molar-refractivity contribution in [2.24, 2.45) is 0 Å². The smallest absolute Gasteiger partial charge is 0.0288 e. The molecule has 0 radical (unpaired) electrons. The normalized spacial score (nSPS) is 11.2. The lowest BCUT2D eigenvalue weighted by Crippen LogP contribution is -1.84.